The van der Waals surface area contributed by atoms with Crippen LogP contribution >= 0.6 is 0 Å². The maximum absolute atomic E-state index is 5.30. The maximum atomic E-state index is 5.30. The Kier molecular flexibility index (Phi) is 1.82. The van der Waals surface area contributed by atoms with E-state index in [0.717, 1.165) is 0 Å². The van der Waals surface area contributed by atoms with E-state index in [1.165, 1.54) is 0 Å². The fourth-order valence-electron chi connectivity index (χ4n) is 0.870. The fourth-order valence-corrected chi connectivity index (χ4v) is 0.870. The SMILES string of the molecule is [c]1ccccc1Oc1ccco1. The number of hydrogen-bond donors (Lipinski definition) is 0. The van der Waals surface area contributed by atoms with Crippen LogP contribution in [0.15, 0.2) is 47.1 Å². The Morgan fingerprint density at radius 2 is 2.17 bits per heavy atom. The van der Waals surface area contributed by atoms with Gasteiger partial charge in [-0.1, -0.05) is 18.2 Å². The molecule has 0 saturated carbocycles. The molecule has 1 heterocycles. The van der Waals surface area contributed by atoms with Crippen LogP contribution in [0.3, 0.4) is 0 Å². The summed E-state index contributed by atoms with van der Waals surface area (Å²) in [5.74, 6) is 1.14. The smallest absolute Gasteiger partial charge is 0.289 e. The minimum Gasteiger partial charge on any atom is -0.434 e. The molecular formula is C10H7O2. The molecule has 2 rings (SSSR count). The van der Waals surface area contributed by atoms with Crippen molar-refractivity contribution in [1.82, 2.24) is 0 Å². The van der Waals surface area contributed by atoms with Gasteiger partial charge in [0.2, 0.25) is 0 Å². The zero-order chi connectivity index (χ0) is 8.23. The second-order valence-corrected chi connectivity index (χ2v) is 2.26. The molecule has 0 saturated heterocycles. The maximum Gasteiger partial charge on any atom is 0.289 e. The fraction of sp³-hybridized carbons (Fsp3) is 0. The minimum absolute atomic E-state index is 0.484. The van der Waals surface area contributed by atoms with Crippen molar-refractivity contribution in [2.45, 2.75) is 0 Å². The van der Waals surface area contributed by atoms with E-state index in [1.807, 2.05) is 18.2 Å². The molecule has 59 valence electrons. The van der Waals surface area contributed by atoms with Crippen LogP contribution < -0.4 is 4.74 Å². The van der Waals surface area contributed by atoms with Gasteiger partial charge in [-0.2, -0.15) is 0 Å². The highest BCUT2D eigenvalue weighted by molar-refractivity contribution is 5.23. The predicted octanol–water partition coefficient (Wildman–Crippen LogP) is 2.87. The van der Waals surface area contributed by atoms with Crippen molar-refractivity contribution in [3.8, 4) is 11.7 Å². The van der Waals surface area contributed by atoms with Gasteiger partial charge in [-0.25, -0.2) is 0 Å². The average Bonchev–Trinajstić information content (AvgIpc) is 2.59. The molecule has 1 aromatic heterocycles. The van der Waals surface area contributed by atoms with Crippen molar-refractivity contribution < 1.29 is 9.15 Å². The first-order chi connectivity index (χ1) is 5.95. The van der Waals surface area contributed by atoms with Gasteiger partial charge in [0.05, 0.1) is 6.26 Å². The molecule has 0 N–H and O–H groups in total. The molecule has 0 amide bonds. The third kappa shape index (κ3) is 1.48. The quantitative estimate of drug-likeness (QED) is 0.672. The van der Waals surface area contributed by atoms with E-state index >= 15 is 0 Å². The Hall–Kier alpha value is -1.70. The zero-order valence-electron chi connectivity index (χ0n) is 6.36. The van der Waals surface area contributed by atoms with Crippen LogP contribution in [0.5, 0.6) is 11.7 Å². The van der Waals surface area contributed by atoms with Crippen molar-refractivity contribution in [1.29, 1.82) is 0 Å². The number of furan rings is 1. The van der Waals surface area contributed by atoms with Crippen LogP contribution in [0.2, 0.25) is 0 Å². The largest absolute Gasteiger partial charge is 0.434 e. The molecule has 0 aliphatic rings. The Morgan fingerprint density at radius 1 is 1.17 bits per heavy atom. The summed E-state index contributed by atoms with van der Waals surface area (Å²) in [6.45, 7) is 0. The van der Waals surface area contributed by atoms with Gasteiger partial charge in [-0.05, 0) is 12.1 Å². The van der Waals surface area contributed by atoms with Crippen LogP contribution in [0.1, 0.15) is 0 Å². The van der Waals surface area contributed by atoms with Gasteiger partial charge in [-0.3, -0.25) is 0 Å². The van der Waals surface area contributed by atoms with Gasteiger partial charge < -0.3 is 9.15 Å². The Labute approximate surface area is 70.4 Å². The van der Waals surface area contributed by atoms with Gasteiger partial charge in [0.1, 0.15) is 5.75 Å². The average molecular weight is 159 g/mol. The summed E-state index contributed by atoms with van der Waals surface area (Å²) in [4.78, 5) is 0. The lowest BCUT2D eigenvalue weighted by atomic mass is 10.3. The lowest BCUT2D eigenvalue weighted by Gasteiger charge is -1.98. The summed E-state index contributed by atoms with van der Waals surface area (Å²) in [7, 11) is 0. The lowest BCUT2D eigenvalue weighted by Crippen LogP contribution is -1.79. The van der Waals surface area contributed by atoms with E-state index in [2.05, 4.69) is 6.07 Å². The van der Waals surface area contributed by atoms with E-state index in [9.17, 15) is 0 Å². The van der Waals surface area contributed by atoms with Crippen molar-refractivity contribution >= 4 is 0 Å². The van der Waals surface area contributed by atoms with Crippen LogP contribution in [0.25, 0.3) is 0 Å². The molecule has 0 aliphatic heterocycles. The number of benzene rings is 1. The van der Waals surface area contributed by atoms with Crippen molar-refractivity contribution in [3.63, 3.8) is 0 Å². The van der Waals surface area contributed by atoms with Crippen molar-refractivity contribution in [2.24, 2.45) is 0 Å². The summed E-state index contributed by atoms with van der Waals surface area (Å²) in [5, 5.41) is 0. The monoisotopic (exact) mass is 159 g/mol. The van der Waals surface area contributed by atoms with Gasteiger partial charge in [0, 0.05) is 12.1 Å². The standard InChI is InChI=1S/C10H7O2/c1-2-5-9(6-3-1)12-10-7-4-8-11-10/h1-5,7-8H. The summed E-state index contributed by atoms with van der Waals surface area (Å²) < 4.78 is 10.3. The van der Waals surface area contributed by atoms with E-state index in [-0.39, 0.29) is 0 Å². The molecule has 1 aromatic carbocycles. The third-order valence-corrected chi connectivity index (χ3v) is 1.39. The highest BCUT2D eigenvalue weighted by atomic mass is 16.6. The van der Waals surface area contributed by atoms with Crippen molar-refractivity contribution in [3.05, 3.63) is 48.7 Å². The molecule has 2 nitrogen and oxygen atoms in total. The summed E-state index contributed by atoms with van der Waals surface area (Å²) in [6, 6.07) is 13.8. The molecule has 0 aliphatic carbocycles. The van der Waals surface area contributed by atoms with E-state index in [4.69, 9.17) is 9.15 Å². The topological polar surface area (TPSA) is 22.4 Å². The van der Waals surface area contributed by atoms with Crippen LogP contribution in [0, 0.1) is 6.07 Å². The summed E-state index contributed by atoms with van der Waals surface area (Å²) >= 11 is 0. The highest BCUT2D eigenvalue weighted by Gasteiger charge is 1.96. The van der Waals surface area contributed by atoms with Gasteiger partial charge in [0.15, 0.2) is 0 Å². The lowest BCUT2D eigenvalue weighted by molar-refractivity contribution is 0.346. The second kappa shape index (κ2) is 3.13. The molecular weight excluding hydrogens is 152 g/mol. The summed E-state index contributed by atoms with van der Waals surface area (Å²) in [6.07, 6.45) is 1.57. The van der Waals surface area contributed by atoms with E-state index < -0.39 is 0 Å². The Balaban J connectivity index is 2.15. The molecule has 0 fully saturated rings. The first-order valence-electron chi connectivity index (χ1n) is 3.63. The van der Waals surface area contributed by atoms with E-state index in [0.29, 0.717) is 11.7 Å². The van der Waals surface area contributed by atoms with Crippen LogP contribution in [-0.2, 0) is 0 Å². The molecule has 0 spiro atoms. The molecule has 2 heteroatoms. The third-order valence-electron chi connectivity index (χ3n) is 1.39. The number of ether oxygens (including phenoxy) is 1. The Morgan fingerprint density at radius 3 is 2.83 bits per heavy atom. The molecule has 2 aromatic rings. The summed E-state index contributed by atoms with van der Waals surface area (Å²) in [5.41, 5.74) is 0. The molecule has 12 heavy (non-hydrogen) atoms. The second-order valence-electron chi connectivity index (χ2n) is 2.26. The van der Waals surface area contributed by atoms with E-state index in [1.54, 1.807) is 24.5 Å². The van der Waals surface area contributed by atoms with Gasteiger partial charge in [-0.15, -0.1) is 0 Å². The Bertz CT molecular complexity index is 324. The van der Waals surface area contributed by atoms with Gasteiger partial charge >= 0.3 is 0 Å². The molecule has 1 radical (unpaired) electrons. The minimum atomic E-state index is 0.484. The predicted molar refractivity (Wildman–Crippen MR) is 44.1 cm³/mol. The first-order valence-corrected chi connectivity index (χ1v) is 3.63. The van der Waals surface area contributed by atoms with Crippen molar-refractivity contribution in [2.75, 3.05) is 0 Å². The normalized spacial score (nSPS) is 9.67. The molecule has 0 atom stereocenters. The number of hydrogen-bond acceptors (Lipinski definition) is 2. The zero-order valence-corrected chi connectivity index (χ0v) is 6.36. The van der Waals surface area contributed by atoms with Gasteiger partial charge in [0.25, 0.3) is 5.95 Å². The molecule has 0 unspecified atom stereocenters. The molecule has 0 bridgehead atoms. The number of para-hydroxylation sites is 1. The van der Waals surface area contributed by atoms with Crippen LogP contribution in [0.4, 0.5) is 0 Å². The number of rotatable bonds is 2. The highest BCUT2D eigenvalue weighted by Crippen LogP contribution is 2.19. The van der Waals surface area contributed by atoms with Crippen LogP contribution in [-0.4, -0.2) is 0 Å². The first kappa shape index (κ1) is 6.98.